The van der Waals surface area contributed by atoms with Gasteiger partial charge in [0.15, 0.2) is 0 Å². The number of hydrogen-bond donors (Lipinski definition) is 0. The van der Waals surface area contributed by atoms with Crippen molar-refractivity contribution in [2.45, 2.75) is 25.7 Å². The molecular weight excluding hydrogens is 286 g/mol. The van der Waals surface area contributed by atoms with Gasteiger partial charge in [0.25, 0.3) is 5.69 Å². The molecule has 2 heterocycles. The summed E-state index contributed by atoms with van der Waals surface area (Å²) in [7, 11) is 0. The highest BCUT2D eigenvalue weighted by Crippen LogP contribution is 2.35. The lowest BCUT2D eigenvalue weighted by Crippen LogP contribution is -2.34. The van der Waals surface area contributed by atoms with Crippen molar-refractivity contribution < 1.29 is 4.92 Å². The van der Waals surface area contributed by atoms with E-state index in [1.807, 2.05) is 30.6 Å². The van der Waals surface area contributed by atoms with Crippen LogP contribution in [0, 0.1) is 17.0 Å². The first kappa shape index (κ1) is 14.0. The monoisotopic (exact) mass is 303 g/mol. The van der Waals surface area contributed by atoms with Gasteiger partial charge in [-0.15, -0.1) is 11.3 Å². The number of nitro groups is 1. The second-order valence-corrected chi connectivity index (χ2v) is 6.33. The highest BCUT2D eigenvalue weighted by molar-refractivity contribution is 7.09. The molecule has 0 radical (unpaired) electrons. The molecule has 1 aliphatic rings. The molecule has 1 aromatic carbocycles. The van der Waals surface area contributed by atoms with Gasteiger partial charge in [-0.05, 0) is 31.4 Å². The largest absolute Gasteiger partial charge is 0.365 e. The quantitative estimate of drug-likeness (QED) is 0.640. The lowest BCUT2D eigenvalue weighted by atomic mass is 9.98. The van der Waals surface area contributed by atoms with Crippen LogP contribution in [0.3, 0.4) is 0 Å². The third-order valence-electron chi connectivity index (χ3n) is 3.89. The molecule has 5 nitrogen and oxygen atoms in total. The number of piperidine rings is 1. The van der Waals surface area contributed by atoms with Crippen LogP contribution in [-0.2, 0) is 0 Å². The van der Waals surface area contributed by atoms with E-state index in [2.05, 4.69) is 9.88 Å². The zero-order valence-corrected chi connectivity index (χ0v) is 12.7. The molecule has 1 aliphatic heterocycles. The Labute approximate surface area is 127 Å². The van der Waals surface area contributed by atoms with E-state index in [4.69, 9.17) is 0 Å². The summed E-state index contributed by atoms with van der Waals surface area (Å²) in [5.41, 5.74) is 1.85. The van der Waals surface area contributed by atoms with Gasteiger partial charge in [0.1, 0.15) is 5.69 Å². The maximum absolute atomic E-state index is 11.3. The normalized spacial score (nSPS) is 18.7. The molecular formula is C15H17N3O2S. The highest BCUT2D eigenvalue weighted by atomic mass is 32.1. The number of thiazole rings is 1. The molecule has 1 atom stereocenters. The van der Waals surface area contributed by atoms with Crippen molar-refractivity contribution in [2.24, 2.45) is 0 Å². The van der Waals surface area contributed by atoms with Crippen LogP contribution in [-0.4, -0.2) is 23.0 Å². The Morgan fingerprint density at radius 1 is 1.48 bits per heavy atom. The number of rotatable bonds is 3. The molecule has 2 aromatic rings. The van der Waals surface area contributed by atoms with Gasteiger partial charge in [-0.25, -0.2) is 4.98 Å². The molecule has 1 unspecified atom stereocenters. The Balaban J connectivity index is 1.88. The molecule has 21 heavy (non-hydrogen) atoms. The zero-order valence-electron chi connectivity index (χ0n) is 11.9. The van der Waals surface area contributed by atoms with Crippen LogP contribution in [0.1, 0.15) is 29.3 Å². The standard InChI is InChI=1S/C15H17N3O2S/c1-11-4-5-13(14(9-11)18(19)20)17-7-2-3-12(10-17)15-16-6-8-21-15/h4-6,8-9,12H,2-3,7,10H2,1H3. The third-order valence-corrected chi connectivity index (χ3v) is 4.83. The highest BCUT2D eigenvalue weighted by Gasteiger charge is 2.27. The van der Waals surface area contributed by atoms with Gasteiger partial charge < -0.3 is 4.90 Å². The lowest BCUT2D eigenvalue weighted by molar-refractivity contribution is -0.384. The van der Waals surface area contributed by atoms with Gasteiger partial charge in [-0.3, -0.25) is 10.1 Å². The maximum atomic E-state index is 11.3. The van der Waals surface area contributed by atoms with E-state index in [0.717, 1.165) is 42.2 Å². The molecule has 0 saturated carbocycles. The summed E-state index contributed by atoms with van der Waals surface area (Å²) in [5.74, 6) is 0.375. The second-order valence-electron chi connectivity index (χ2n) is 5.40. The molecule has 3 rings (SSSR count). The van der Waals surface area contributed by atoms with E-state index in [1.54, 1.807) is 17.4 Å². The van der Waals surface area contributed by atoms with E-state index < -0.39 is 0 Å². The summed E-state index contributed by atoms with van der Waals surface area (Å²) in [6.07, 6.45) is 3.96. The van der Waals surface area contributed by atoms with Crippen molar-refractivity contribution in [2.75, 3.05) is 18.0 Å². The molecule has 0 spiro atoms. The first-order valence-electron chi connectivity index (χ1n) is 7.04. The van der Waals surface area contributed by atoms with Gasteiger partial charge >= 0.3 is 0 Å². The van der Waals surface area contributed by atoms with Gasteiger partial charge in [-0.1, -0.05) is 6.07 Å². The minimum absolute atomic E-state index is 0.204. The van der Waals surface area contributed by atoms with Gasteiger partial charge in [0.2, 0.25) is 0 Å². The summed E-state index contributed by atoms with van der Waals surface area (Å²) in [5, 5.41) is 14.4. The molecule has 0 N–H and O–H groups in total. The summed E-state index contributed by atoms with van der Waals surface area (Å²) in [6, 6.07) is 5.47. The number of hydrogen-bond acceptors (Lipinski definition) is 5. The molecule has 1 saturated heterocycles. The Morgan fingerprint density at radius 2 is 2.33 bits per heavy atom. The van der Waals surface area contributed by atoms with Crippen molar-refractivity contribution in [3.63, 3.8) is 0 Å². The lowest BCUT2D eigenvalue weighted by Gasteiger charge is -2.33. The van der Waals surface area contributed by atoms with Gasteiger partial charge in [-0.2, -0.15) is 0 Å². The minimum Gasteiger partial charge on any atom is -0.365 e. The van der Waals surface area contributed by atoms with Crippen molar-refractivity contribution in [1.82, 2.24) is 4.98 Å². The summed E-state index contributed by atoms with van der Waals surface area (Å²) in [4.78, 5) is 17.5. The van der Waals surface area contributed by atoms with E-state index in [0.29, 0.717) is 5.92 Å². The number of nitrogens with zero attached hydrogens (tertiary/aromatic N) is 3. The predicted octanol–water partition coefficient (Wildman–Crippen LogP) is 3.74. The van der Waals surface area contributed by atoms with Crippen LogP contribution < -0.4 is 4.90 Å². The average molecular weight is 303 g/mol. The maximum Gasteiger partial charge on any atom is 0.292 e. The summed E-state index contributed by atoms with van der Waals surface area (Å²) >= 11 is 1.67. The molecule has 1 aromatic heterocycles. The van der Waals surface area contributed by atoms with Crippen molar-refractivity contribution in [3.8, 4) is 0 Å². The van der Waals surface area contributed by atoms with Gasteiger partial charge in [0.05, 0.1) is 9.93 Å². The Bertz CT molecular complexity index is 642. The number of anilines is 1. The van der Waals surface area contributed by atoms with Crippen LogP contribution >= 0.6 is 11.3 Å². The van der Waals surface area contributed by atoms with E-state index >= 15 is 0 Å². The molecule has 110 valence electrons. The summed E-state index contributed by atoms with van der Waals surface area (Å²) in [6.45, 7) is 3.55. The molecule has 0 aliphatic carbocycles. The first-order valence-corrected chi connectivity index (χ1v) is 7.92. The number of aromatic nitrogens is 1. The Kier molecular flexibility index (Phi) is 3.88. The smallest absolute Gasteiger partial charge is 0.292 e. The van der Waals surface area contributed by atoms with E-state index in [9.17, 15) is 10.1 Å². The molecule has 1 fully saturated rings. The van der Waals surface area contributed by atoms with Crippen molar-refractivity contribution in [3.05, 3.63) is 50.5 Å². The van der Waals surface area contributed by atoms with Crippen LogP contribution in [0.25, 0.3) is 0 Å². The average Bonchev–Trinajstić information content (AvgIpc) is 3.01. The minimum atomic E-state index is -0.282. The van der Waals surface area contributed by atoms with Crippen molar-refractivity contribution in [1.29, 1.82) is 0 Å². The molecule has 6 heteroatoms. The fourth-order valence-corrected chi connectivity index (χ4v) is 3.65. The number of aryl methyl sites for hydroxylation is 1. The van der Waals surface area contributed by atoms with Crippen LogP contribution in [0.4, 0.5) is 11.4 Å². The molecule has 0 bridgehead atoms. The fourth-order valence-electron chi connectivity index (χ4n) is 2.88. The van der Waals surface area contributed by atoms with Crippen LogP contribution in [0.2, 0.25) is 0 Å². The summed E-state index contributed by atoms with van der Waals surface area (Å²) < 4.78 is 0. The first-order chi connectivity index (χ1) is 10.1. The van der Waals surface area contributed by atoms with E-state index in [1.165, 1.54) is 0 Å². The fraction of sp³-hybridized carbons (Fsp3) is 0.400. The Hall–Kier alpha value is -1.95. The van der Waals surface area contributed by atoms with Gasteiger partial charge in [0, 0.05) is 36.7 Å². The van der Waals surface area contributed by atoms with Crippen LogP contribution in [0.15, 0.2) is 29.8 Å². The van der Waals surface area contributed by atoms with Crippen LogP contribution in [0.5, 0.6) is 0 Å². The Morgan fingerprint density at radius 3 is 3.05 bits per heavy atom. The number of nitro benzene ring substituents is 1. The third kappa shape index (κ3) is 2.90. The zero-order chi connectivity index (χ0) is 14.8. The van der Waals surface area contributed by atoms with E-state index in [-0.39, 0.29) is 10.6 Å². The predicted molar refractivity (Wildman–Crippen MR) is 84.1 cm³/mol. The number of benzene rings is 1. The SMILES string of the molecule is Cc1ccc(N2CCCC(c3nccs3)C2)c([N+](=O)[O-])c1. The second kappa shape index (κ2) is 5.81. The van der Waals surface area contributed by atoms with Crippen molar-refractivity contribution >= 4 is 22.7 Å². The topological polar surface area (TPSA) is 59.3 Å². The molecule has 0 amide bonds.